The fourth-order valence-electron chi connectivity index (χ4n) is 2.52. The number of anilines is 2. The van der Waals surface area contributed by atoms with E-state index >= 15 is 0 Å². The van der Waals surface area contributed by atoms with E-state index in [2.05, 4.69) is 16.0 Å². The fourth-order valence-corrected chi connectivity index (χ4v) is 2.52. The summed E-state index contributed by atoms with van der Waals surface area (Å²) in [4.78, 5) is 17.5. The summed E-state index contributed by atoms with van der Waals surface area (Å²) in [7, 11) is 0. The van der Waals surface area contributed by atoms with Crippen LogP contribution in [0.5, 0.6) is 0 Å². The van der Waals surface area contributed by atoms with Gasteiger partial charge >= 0.3 is 0 Å². The monoisotopic (exact) mass is 268 g/mol. The van der Waals surface area contributed by atoms with E-state index in [1.165, 1.54) is 17.3 Å². The highest BCUT2D eigenvalue weighted by Gasteiger charge is 2.19. The van der Waals surface area contributed by atoms with Crippen molar-refractivity contribution in [2.75, 3.05) is 17.2 Å². The van der Waals surface area contributed by atoms with Gasteiger partial charge in [0.1, 0.15) is 5.82 Å². The number of aromatic nitrogens is 1. The number of pyridine rings is 1. The summed E-state index contributed by atoms with van der Waals surface area (Å²) in [5.74, 6) is 0.376. The largest absolute Gasteiger partial charge is 0.398 e. The van der Waals surface area contributed by atoms with Crippen molar-refractivity contribution < 1.29 is 4.79 Å². The van der Waals surface area contributed by atoms with Crippen LogP contribution < -0.4 is 16.4 Å². The van der Waals surface area contributed by atoms with Crippen molar-refractivity contribution in [3.05, 3.63) is 53.2 Å². The second-order valence-electron chi connectivity index (χ2n) is 4.93. The van der Waals surface area contributed by atoms with Gasteiger partial charge in [-0.3, -0.25) is 4.79 Å². The highest BCUT2D eigenvalue weighted by atomic mass is 16.1. The van der Waals surface area contributed by atoms with E-state index in [1.54, 1.807) is 6.07 Å². The van der Waals surface area contributed by atoms with Crippen molar-refractivity contribution in [3.63, 3.8) is 0 Å². The van der Waals surface area contributed by atoms with Crippen LogP contribution >= 0.6 is 0 Å². The van der Waals surface area contributed by atoms with Gasteiger partial charge in [0.15, 0.2) is 0 Å². The maximum atomic E-state index is 11.0. The van der Waals surface area contributed by atoms with Crippen LogP contribution in [0.4, 0.5) is 11.5 Å². The molecule has 0 radical (unpaired) electrons. The van der Waals surface area contributed by atoms with Crippen molar-refractivity contribution >= 4 is 17.4 Å². The second-order valence-corrected chi connectivity index (χ2v) is 4.93. The van der Waals surface area contributed by atoms with Crippen molar-refractivity contribution in [3.8, 4) is 0 Å². The summed E-state index contributed by atoms with van der Waals surface area (Å²) < 4.78 is 0. The van der Waals surface area contributed by atoms with Gasteiger partial charge in [-0.1, -0.05) is 12.1 Å². The lowest BCUT2D eigenvalue weighted by Crippen LogP contribution is -2.31. The molecule has 5 heteroatoms. The number of carbonyl (C=O) groups excluding carboxylic acids is 1. The normalized spacial score (nSPS) is 13.9. The highest BCUT2D eigenvalue weighted by Crippen LogP contribution is 2.26. The number of amides is 1. The molecule has 2 heterocycles. The first-order valence-electron chi connectivity index (χ1n) is 6.52. The number of carbonyl (C=O) groups is 1. The molecule has 1 aliphatic heterocycles. The van der Waals surface area contributed by atoms with Gasteiger partial charge in [0.25, 0.3) is 0 Å². The zero-order valence-electron chi connectivity index (χ0n) is 11.0. The summed E-state index contributed by atoms with van der Waals surface area (Å²) in [5.41, 5.74) is 15.0. The van der Waals surface area contributed by atoms with Crippen LogP contribution in [0.2, 0.25) is 0 Å². The van der Waals surface area contributed by atoms with E-state index in [9.17, 15) is 4.79 Å². The Labute approximate surface area is 117 Å². The van der Waals surface area contributed by atoms with Gasteiger partial charge in [-0.05, 0) is 35.7 Å². The molecule has 1 aliphatic rings. The fraction of sp³-hybridized carbons (Fsp3) is 0.200. The third-order valence-electron chi connectivity index (χ3n) is 3.67. The zero-order chi connectivity index (χ0) is 14.1. The molecule has 0 spiro atoms. The van der Waals surface area contributed by atoms with Crippen molar-refractivity contribution in [1.29, 1.82) is 0 Å². The average molecular weight is 268 g/mol. The average Bonchev–Trinajstić information content (AvgIpc) is 2.47. The second kappa shape index (κ2) is 4.85. The minimum Gasteiger partial charge on any atom is -0.398 e. The van der Waals surface area contributed by atoms with Gasteiger partial charge in [0.05, 0.1) is 5.56 Å². The molecule has 20 heavy (non-hydrogen) atoms. The first-order chi connectivity index (χ1) is 9.65. The molecule has 0 saturated carbocycles. The maximum Gasteiger partial charge on any atom is 0.250 e. The third kappa shape index (κ3) is 2.18. The van der Waals surface area contributed by atoms with E-state index in [0.717, 1.165) is 31.0 Å². The lowest BCUT2D eigenvalue weighted by molar-refractivity contribution is 0.1000. The molecule has 102 valence electrons. The van der Waals surface area contributed by atoms with E-state index in [1.807, 2.05) is 18.2 Å². The molecular weight excluding hydrogens is 252 g/mol. The summed E-state index contributed by atoms with van der Waals surface area (Å²) in [5, 5.41) is 0. The first kappa shape index (κ1) is 12.5. The Kier molecular flexibility index (Phi) is 3.02. The number of hydrogen-bond acceptors (Lipinski definition) is 4. The molecule has 5 nitrogen and oxygen atoms in total. The predicted molar refractivity (Wildman–Crippen MR) is 78.4 cm³/mol. The lowest BCUT2D eigenvalue weighted by atomic mass is 9.98. The molecule has 4 N–H and O–H groups in total. The minimum atomic E-state index is -0.461. The van der Waals surface area contributed by atoms with Gasteiger partial charge < -0.3 is 16.4 Å². The highest BCUT2D eigenvalue weighted by molar-refractivity contribution is 5.92. The number of nitrogens with zero attached hydrogens (tertiary/aromatic N) is 2. The lowest BCUT2D eigenvalue weighted by Gasteiger charge is -2.30. The van der Waals surface area contributed by atoms with Crippen LogP contribution in [0.1, 0.15) is 21.5 Å². The minimum absolute atomic E-state index is 0.422. The van der Waals surface area contributed by atoms with Crippen LogP contribution in [-0.4, -0.2) is 17.4 Å². The molecule has 1 aromatic heterocycles. The number of rotatable bonds is 2. The number of nitrogen functional groups attached to an aromatic ring is 1. The number of benzene rings is 1. The number of nitrogens with two attached hydrogens (primary N) is 2. The Balaban J connectivity index is 1.86. The SMILES string of the molecule is NC(=O)c1ccc(N2CCc3cccc(N)c3C2)nc1. The quantitative estimate of drug-likeness (QED) is 0.804. The van der Waals surface area contributed by atoms with Crippen LogP contribution in [0.25, 0.3) is 0 Å². The van der Waals surface area contributed by atoms with Crippen molar-refractivity contribution in [2.24, 2.45) is 5.73 Å². The molecule has 0 unspecified atom stereocenters. The summed E-state index contributed by atoms with van der Waals surface area (Å²) >= 11 is 0. The first-order valence-corrected chi connectivity index (χ1v) is 6.52. The number of hydrogen-bond donors (Lipinski definition) is 2. The third-order valence-corrected chi connectivity index (χ3v) is 3.67. The van der Waals surface area contributed by atoms with Gasteiger partial charge in [-0.15, -0.1) is 0 Å². The molecule has 1 aromatic carbocycles. The Morgan fingerprint density at radius 3 is 2.80 bits per heavy atom. The van der Waals surface area contributed by atoms with Crippen LogP contribution in [0.3, 0.4) is 0 Å². The van der Waals surface area contributed by atoms with Crippen LogP contribution in [-0.2, 0) is 13.0 Å². The van der Waals surface area contributed by atoms with E-state index in [-0.39, 0.29) is 0 Å². The smallest absolute Gasteiger partial charge is 0.250 e. The van der Waals surface area contributed by atoms with E-state index < -0.39 is 5.91 Å². The Morgan fingerprint density at radius 1 is 1.25 bits per heavy atom. The summed E-state index contributed by atoms with van der Waals surface area (Å²) in [6.45, 7) is 1.63. The maximum absolute atomic E-state index is 11.0. The molecule has 2 aromatic rings. The molecule has 0 fully saturated rings. The standard InChI is InChI=1S/C15H16N4O/c16-13-3-1-2-10-6-7-19(9-12(10)13)14-5-4-11(8-18-14)15(17)20/h1-5,8H,6-7,9,16H2,(H2,17,20). The molecule has 0 aliphatic carbocycles. The summed E-state index contributed by atoms with van der Waals surface area (Å²) in [6, 6.07) is 9.56. The van der Waals surface area contributed by atoms with E-state index in [4.69, 9.17) is 11.5 Å². The van der Waals surface area contributed by atoms with Crippen molar-refractivity contribution in [2.45, 2.75) is 13.0 Å². The number of fused-ring (bicyclic) bond motifs is 1. The molecule has 3 rings (SSSR count). The molecule has 0 atom stereocenters. The van der Waals surface area contributed by atoms with Crippen molar-refractivity contribution in [1.82, 2.24) is 4.98 Å². The molecule has 0 saturated heterocycles. The van der Waals surface area contributed by atoms with Gasteiger partial charge in [-0.25, -0.2) is 4.98 Å². The Morgan fingerprint density at radius 2 is 2.10 bits per heavy atom. The van der Waals surface area contributed by atoms with Gasteiger partial charge in [0.2, 0.25) is 5.91 Å². The molecule has 0 bridgehead atoms. The predicted octanol–water partition coefficient (Wildman–Crippen LogP) is 1.33. The Hall–Kier alpha value is -2.56. The van der Waals surface area contributed by atoms with Crippen LogP contribution in [0, 0.1) is 0 Å². The van der Waals surface area contributed by atoms with E-state index in [0.29, 0.717) is 5.56 Å². The molecule has 1 amide bonds. The summed E-state index contributed by atoms with van der Waals surface area (Å²) in [6.07, 6.45) is 2.46. The molecular formula is C15H16N4O. The van der Waals surface area contributed by atoms with Gasteiger partial charge in [0, 0.05) is 25.0 Å². The topological polar surface area (TPSA) is 85.2 Å². The van der Waals surface area contributed by atoms with Gasteiger partial charge in [-0.2, -0.15) is 0 Å². The zero-order valence-corrected chi connectivity index (χ0v) is 11.0. The Bertz CT molecular complexity index is 651. The van der Waals surface area contributed by atoms with Crippen LogP contribution in [0.15, 0.2) is 36.5 Å². The number of primary amides is 1.